The fourth-order valence-corrected chi connectivity index (χ4v) is 3.38. The number of anilines is 1. The topological polar surface area (TPSA) is 55.6 Å². The third-order valence-electron chi connectivity index (χ3n) is 4.77. The minimum atomic E-state index is -0.434. The molecule has 1 aromatic heterocycles. The number of rotatable bonds is 5. The summed E-state index contributed by atoms with van der Waals surface area (Å²) >= 11 is 0. The van der Waals surface area contributed by atoms with E-state index in [9.17, 15) is 0 Å². The average molecular weight is 349 g/mol. The Morgan fingerprint density at radius 3 is 2.50 bits per heavy atom. The Morgan fingerprint density at radius 2 is 1.81 bits per heavy atom. The monoisotopic (exact) mass is 349 g/mol. The molecule has 0 spiro atoms. The van der Waals surface area contributed by atoms with E-state index in [2.05, 4.69) is 98.8 Å². The maximum Gasteiger partial charge on any atom is 0.181 e. The maximum absolute atomic E-state index is 4.36. The van der Waals surface area contributed by atoms with Gasteiger partial charge in [-0.1, -0.05) is 42.8 Å². The number of hydrogen-bond acceptors (Lipinski definition) is 4. The molecule has 0 aliphatic rings. The van der Waals surface area contributed by atoms with Crippen molar-refractivity contribution >= 4 is 5.69 Å². The Labute approximate surface area is 155 Å². The second kappa shape index (κ2) is 6.90. The highest BCUT2D eigenvalue weighted by atomic mass is 15.6. The van der Waals surface area contributed by atoms with Crippen molar-refractivity contribution < 1.29 is 0 Å². The molecule has 0 aliphatic carbocycles. The molecule has 3 aromatic rings. The summed E-state index contributed by atoms with van der Waals surface area (Å²) in [5, 5.41) is 16.3. The van der Waals surface area contributed by atoms with Crippen LogP contribution in [0.1, 0.15) is 48.8 Å². The summed E-state index contributed by atoms with van der Waals surface area (Å²) in [7, 11) is 0. The Morgan fingerprint density at radius 1 is 1.04 bits per heavy atom. The first-order valence-corrected chi connectivity index (χ1v) is 9.06. The predicted molar refractivity (Wildman–Crippen MR) is 106 cm³/mol. The first-order valence-electron chi connectivity index (χ1n) is 9.06. The fraction of sp³-hybridized carbons (Fsp3) is 0.381. The second-order valence-electron chi connectivity index (χ2n) is 7.42. The Hall–Kier alpha value is -2.69. The smallest absolute Gasteiger partial charge is 0.181 e. The largest absolute Gasteiger partial charge is 0.373 e. The van der Waals surface area contributed by atoms with Gasteiger partial charge in [-0.25, -0.2) is 0 Å². The molecule has 136 valence electrons. The number of nitrogens with one attached hydrogen (secondary N) is 1. The lowest BCUT2D eigenvalue weighted by Gasteiger charge is -2.28. The number of aryl methyl sites for hydroxylation is 4. The summed E-state index contributed by atoms with van der Waals surface area (Å²) in [4.78, 5) is 0. The molecule has 0 aliphatic heterocycles. The molecular weight excluding hydrogens is 322 g/mol. The molecule has 1 N–H and O–H groups in total. The summed E-state index contributed by atoms with van der Waals surface area (Å²) in [5.41, 5.74) is 6.60. The van der Waals surface area contributed by atoms with Gasteiger partial charge < -0.3 is 5.32 Å². The zero-order chi connectivity index (χ0) is 18.9. The second-order valence-corrected chi connectivity index (χ2v) is 7.42. The number of nitrogens with zero attached hydrogens (tertiary/aromatic N) is 4. The molecule has 3 rings (SSSR count). The standard InChI is InChI=1S/C21H27N5/c1-7-17-10-8-9-15(3)19(17)26-20(23-24-25-26)21(5,6)22-18-12-11-14(2)13-16(18)4/h8-13,22H,7H2,1-6H3. The lowest BCUT2D eigenvalue weighted by atomic mass is 10.0. The van der Waals surface area contributed by atoms with Gasteiger partial charge in [0, 0.05) is 5.69 Å². The van der Waals surface area contributed by atoms with Crippen LogP contribution in [0.4, 0.5) is 5.69 Å². The van der Waals surface area contributed by atoms with Gasteiger partial charge in [0.2, 0.25) is 0 Å². The number of para-hydroxylation sites is 1. The lowest BCUT2D eigenvalue weighted by molar-refractivity contribution is 0.540. The highest BCUT2D eigenvalue weighted by Crippen LogP contribution is 2.29. The Kier molecular flexibility index (Phi) is 4.81. The van der Waals surface area contributed by atoms with Crippen LogP contribution in [0, 0.1) is 20.8 Å². The molecule has 0 fully saturated rings. The quantitative estimate of drug-likeness (QED) is 0.737. The van der Waals surface area contributed by atoms with E-state index in [0.717, 1.165) is 23.6 Å². The molecule has 0 saturated heterocycles. The van der Waals surface area contributed by atoms with E-state index in [1.807, 2.05) is 4.68 Å². The van der Waals surface area contributed by atoms with Crippen LogP contribution >= 0.6 is 0 Å². The van der Waals surface area contributed by atoms with Gasteiger partial charge in [0.15, 0.2) is 5.82 Å². The normalized spacial score (nSPS) is 11.6. The number of hydrogen-bond donors (Lipinski definition) is 1. The van der Waals surface area contributed by atoms with Gasteiger partial charge in [0.05, 0.1) is 11.2 Å². The molecule has 0 bridgehead atoms. The van der Waals surface area contributed by atoms with Gasteiger partial charge in [-0.2, -0.15) is 4.68 Å². The van der Waals surface area contributed by atoms with E-state index in [1.165, 1.54) is 22.3 Å². The summed E-state index contributed by atoms with van der Waals surface area (Å²) < 4.78 is 1.88. The predicted octanol–water partition coefficient (Wildman–Crippen LogP) is 4.50. The van der Waals surface area contributed by atoms with Crippen LogP contribution < -0.4 is 5.32 Å². The minimum absolute atomic E-state index is 0.434. The van der Waals surface area contributed by atoms with Crippen molar-refractivity contribution in [2.45, 2.75) is 53.5 Å². The summed E-state index contributed by atoms with van der Waals surface area (Å²) in [6.45, 7) is 12.7. The highest BCUT2D eigenvalue weighted by Gasteiger charge is 2.29. The maximum atomic E-state index is 4.36. The van der Waals surface area contributed by atoms with Crippen molar-refractivity contribution in [3.63, 3.8) is 0 Å². The molecule has 5 nitrogen and oxygen atoms in total. The number of benzene rings is 2. The van der Waals surface area contributed by atoms with Crippen LogP contribution in [0.3, 0.4) is 0 Å². The lowest BCUT2D eigenvalue weighted by Crippen LogP contribution is -2.32. The van der Waals surface area contributed by atoms with E-state index in [1.54, 1.807) is 0 Å². The summed E-state index contributed by atoms with van der Waals surface area (Å²) in [5.74, 6) is 0.793. The van der Waals surface area contributed by atoms with E-state index in [0.29, 0.717) is 0 Å². The first-order chi connectivity index (χ1) is 12.3. The third-order valence-corrected chi connectivity index (χ3v) is 4.77. The van der Waals surface area contributed by atoms with Gasteiger partial charge >= 0.3 is 0 Å². The molecule has 5 heteroatoms. The van der Waals surface area contributed by atoms with Crippen LogP contribution in [0.5, 0.6) is 0 Å². The summed E-state index contributed by atoms with van der Waals surface area (Å²) in [6, 6.07) is 12.7. The van der Waals surface area contributed by atoms with Crippen molar-refractivity contribution in [1.29, 1.82) is 0 Å². The molecular formula is C21H27N5. The van der Waals surface area contributed by atoms with Gasteiger partial charge in [0.25, 0.3) is 0 Å². The van der Waals surface area contributed by atoms with Crippen LogP contribution in [-0.4, -0.2) is 20.2 Å². The van der Waals surface area contributed by atoms with Gasteiger partial charge in [-0.05, 0) is 74.2 Å². The number of aromatic nitrogens is 4. The Balaban J connectivity index is 2.05. The molecule has 0 saturated carbocycles. The van der Waals surface area contributed by atoms with Gasteiger partial charge in [-0.3, -0.25) is 0 Å². The molecule has 0 atom stereocenters. The highest BCUT2D eigenvalue weighted by molar-refractivity contribution is 5.54. The summed E-state index contributed by atoms with van der Waals surface area (Å²) in [6.07, 6.45) is 0.932. The third kappa shape index (κ3) is 3.34. The van der Waals surface area contributed by atoms with Crippen molar-refractivity contribution in [3.05, 3.63) is 64.5 Å². The first kappa shape index (κ1) is 18.1. The molecule has 0 amide bonds. The van der Waals surface area contributed by atoms with Crippen molar-refractivity contribution in [1.82, 2.24) is 20.2 Å². The zero-order valence-corrected chi connectivity index (χ0v) is 16.5. The Bertz CT molecular complexity index is 924. The van der Waals surface area contributed by atoms with E-state index in [-0.39, 0.29) is 0 Å². The van der Waals surface area contributed by atoms with Crippen molar-refractivity contribution in [2.24, 2.45) is 0 Å². The zero-order valence-electron chi connectivity index (χ0n) is 16.5. The SMILES string of the molecule is CCc1cccc(C)c1-n1nnnc1C(C)(C)Nc1ccc(C)cc1C. The van der Waals surface area contributed by atoms with Crippen LogP contribution in [0.2, 0.25) is 0 Å². The van der Waals surface area contributed by atoms with Crippen LogP contribution in [0.15, 0.2) is 36.4 Å². The molecule has 26 heavy (non-hydrogen) atoms. The molecule has 0 radical (unpaired) electrons. The fourth-order valence-electron chi connectivity index (χ4n) is 3.38. The van der Waals surface area contributed by atoms with E-state index < -0.39 is 5.54 Å². The van der Waals surface area contributed by atoms with E-state index in [4.69, 9.17) is 0 Å². The van der Waals surface area contributed by atoms with Crippen molar-refractivity contribution in [2.75, 3.05) is 5.32 Å². The molecule has 0 unspecified atom stereocenters. The molecule has 1 heterocycles. The minimum Gasteiger partial charge on any atom is -0.373 e. The van der Waals surface area contributed by atoms with Gasteiger partial charge in [0.1, 0.15) is 0 Å². The average Bonchev–Trinajstić information content (AvgIpc) is 3.07. The number of tetrazole rings is 1. The molecule has 2 aromatic carbocycles. The van der Waals surface area contributed by atoms with Gasteiger partial charge in [-0.15, -0.1) is 5.10 Å². The van der Waals surface area contributed by atoms with Crippen molar-refractivity contribution in [3.8, 4) is 5.69 Å². The van der Waals surface area contributed by atoms with Crippen LogP contribution in [0.25, 0.3) is 5.69 Å². The van der Waals surface area contributed by atoms with Crippen LogP contribution in [-0.2, 0) is 12.0 Å². The van der Waals surface area contributed by atoms with E-state index >= 15 is 0 Å².